The SMILES string of the molecule is COCCN1C(N)=NCC1(C)c1nccs1. The molecule has 0 radical (unpaired) electrons. The summed E-state index contributed by atoms with van der Waals surface area (Å²) in [6.45, 7) is 4.15. The fraction of sp³-hybridized carbons (Fsp3) is 0.600. The first kappa shape index (κ1) is 11.3. The van der Waals surface area contributed by atoms with Gasteiger partial charge in [0.15, 0.2) is 5.96 Å². The molecule has 0 saturated carbocycles. The fourth-order valence-electron chi connectivity index (χ4n) is 1.87. The van der Waals surface area contributed by atoms with Crippen LogP contribution in [0.2, 0.25) is 0 Å². The van der Waals surface area contributed by atoms with Gasteiger partial charge >= 0.3 is 0 Å². The number of aliphatic imine (C=N–C) groups is 1. The van der Waals surface area contributed by atoms with Crippen molar-refractivity contribution in [1.82, 2.24) is 9.88 Å². The second-order valence-corrected chi connectivity index (χ2v) is 4.82. The van der Waals surface area contributed by atoms with Gasteiger partial charge < -0.3 is 15.4 Å². The highest BCUT2D eigenvalue weighted by Gasteiger charge is 2.41. The maximum Gasteiger partial charge on any atom is 0.192 e. The number of hydrogen-bond acceptors (Lipinski definition) is 6. The third-order valence-corrected chi connectivity index (χ3v) is 3.86. The Kier molecular flexibility index (Phi) is 3.11. The molecule has 0 saturated heterocycles. The van der Waals surface area contributed by atoms with E-state index in [1.54, 1.807) is 18.4 Å². The molecule has 0 fully saturated rings. The van der Waals surface area contributed by atoms with E-state index in [4.69, 9.17) is 10.5 Å². The molecule has 1 aromatic heterocycles. The average Bonchev–Trinajstić information content (AvgIpc) is 2.87. The summed E-state index contributed by atoms with van der Waals surface area (Å²) in [5, 5.41) is 3.02. The minimum Gasteiger partial charge on any atom is -0.383 e. The predicted molar refractivity (Wildman–Crippen MR) is 64.5 cm³/mol. The number of thiazole rings is 1. The summed E-state index contributed by atoms with van der Waals surface area (Å²) in [5.74, 6) is 0.578. The monoisotopic (exact) mass is 240 g/mol. The first-order chi connectivity index (χ1) is 7.68. The molecule has 88 valence electrons. The number of nitrogens with two attached hydrogens (primary N) is 1. The van der Waals surface area contributed by atoms with Crippen LogP contribution in [0.4, 0.5) is 0 Å². The average molecular weight is 240 g/mol. The summed E-state index contributed by atoms with van der Waals surface area (Å²) in [6, 6.07) is 0. The van der Waals surface area contributed by atoms with Gasteiger partial charge in [-0.1, -0.05) is 0 Å². The van der Waals surface area contributed by atoms with Crippen LogP contribution in [-0.4, -0.2) is 42.6 Å². The van der Waals surface area contributed by atoms with Crippen LogP contribution >= 0.6 is 11.3 Å². The minimum atomic E-state index is -0.212. The minimum absolute atomic E-state index is 0.212. The van der Waals surface area contributed by atoms with Crippen LogP contribution in [0.15, 0.2) is 16.6 Å². The van der Waals surface area contributed by atoms with Gasteiger partial charge in [0.1, 0.15) is 10.5 Å². The van der Waals surface area contributed by atoms with Crippen molar-refractivity contribution in [3.8, 4) is 0 Å². The highest BCUT2D eigenvalue weighted by atomic mass is 32.1. The van der Waals surface area contributed by atoms with E-state index < -0.39 is 0 Å². The van der Waals surface area contributed by atoms with Gasteiger partial charge in [-0.05, 0) is 6.92 Å². The number of ether oxygens (including phenoxy) is 1. The molecule has 2 rings (SSSR count). The highest BCUT2D eigenvalue weighted by Crippen LogP contribution is 2.33. The zero-order valence-electron chi connectivity index (χ0n) is 9.51. The lowest BCUT2D eigenvalue weighted by molar-refractivity contribution is 0.137. The first-order valence-corrected chi connectivity index (χ1v) is 6.03. The fourth-order valence-corrected chi connectivity index (χ4v) is 2.68. The number of hydrogen-bond donors (Lipinski definition) is 1. The van der Waals surface area contributed by atoms with Gasteiger partial charge in [0, 0.05) is 25.2 Å². The van der Waals surface area contributed by atoms with Crippen molar-refractivity contribution >= 4 is 17.3 Å². The van der Waals surface area contributed by atoms with Crippen LogP contribution in [0.1, 0.15) is 11.9 Å². The topological polar surface area (TPSA) is 63.7 Å². The van der Waals surface area contributed by atoms with E-state index in [1.165, 1.54) is 0 Å². The summed E-state index contributed by atoms with van der Waals surface area (Å²) < 4.78 is 5.09. The molecule has 0 aromatic carbocycles. The van der Waals surface area contributed by atoms with Crippen LogP contribution in [-0.2, 0) is 10.3 Å². The van der Waals surface area contributed by atoms with Crippen molar-refractivity contribution in [3.05, 3.63) is 16.6 Å². The van der Waals surface area contributed by atoms with Crippen LogP contribution < -0.4 is 5.73 Å². The van der Waals surface area contributed by atoms with Gasteiger partial charge in [0.2, 0.25) is 0 Å². The molecule has 1 unspecified atom stereocenters. The third kappa shape index (κ3) is 1.78. The van der Waals surface area contributed by atoms with Crippen molar-refractivity contribution in [3.63, 3.8) is 0 Å². The second-order valence-electron chi connectivity index (χ2n) is 3.93. The largest absolute Gasteiger partial charge is 0.383 e. The van der Waals surface area contributed by atoms with Crippen LogP contribution in [0, 0.1) is 0 Å². The zero-order valence-corrected chi connectivity index (χ0v) is 10.3. The number of nitrogens with zero attached hydrogens (tertiary/aromatic N) is 3. The van der Waals surface area contributed by atoms with E-state index >= 15 is 0 Å². The first-order valence-electron chi connectivity index (χ1n) is 5.15. The Morgan fingerprint density at radius 2 is 2.50 bits per heavy atom. The Balaban J connectivity index is 2.21. The van der Waals surface area contributed by atoms with E-state index in [1.807, 2.05) is 11.6 Å². The number of aromatic nitrogens is 1. The Hall–Kier alpha value is -1.14. The quantitative estimate of drug-likeness (QED) is 0.838. The molecule has 1 aliphatic heterocycles. The van der Waals surface area contributed by atoms with Gasteiger partial charge in [-0.2, -0.15) is 0 Å². The zero-order chi connectivity index (χ0) is 11.6. The Labute approximate surface area is 98.9 Å². The summed E-state index contributed by atoms with van der Waals surface area (Å²) >= 11 is 1.64. The number of rotatable bonds is 4. The van der Waals surface area contributed by atoms with E-state index in [0.717, 1.165) is 11.6 Å². The Morgan fingerprint density at radius 3 is 3.12 bits per heavy atom. The maximum atomic E-state index is 5.90. The lowest BCUT2D eigenvalue weighted by Gasteiger charge is -2.34. The molecule has 1 atom stereocenters. The van der Waals surface area contributed by atoms with Crippen LogP contribution in [0.3, 0.4) is 0 Å². The molecule has 0 spiro atoms. The van der Waals surface area contributed by atoms with Gasteiger partial charge in [0.05, 0.1) is 13.2 Å². The van der Waals surface area contributed by atoms with Crippen molar-refractivity contribution in [1.29, 1.82) is 0 Å². The lowest BCUT2D eigenvalue weighted by Crippen LogP contribution is -2.48. The van der Waals surface area contributed by atoms with Crippen molar-refractivity contribution in [2.75, 3.05) is 26.8 Å². The van der Waals surface area contributed by atoms with Gasteiger partial charge in [-0.15, -0.1) is 11.3 Å². The normalized spacial score (nSPS) is 24.9. The van der Waals surface area contributed by atoms with E-state index in [-0.39, 0.29) is 5.54 Å². The summed E-state index contributed by atoms with van der Waals surface area (Å²) in [6.07, 6.45) is 1.81. The molecule has 1 aliphatic rings. The summed E-state index contributed by atoms with van der Waals surface area (Å²) in [7, 11) is 1.68. The molecule has 2 N–H and O–H groups in total. The summed E-state index contributed by atoms with van der Waals surface area (Å²) in [5.41, 5.74) is 5.69. The molecule has 1 aromatic rings. The van der Waals surface area contributed by atoms with Gasteiger partial charge in [-0.3, -0.25) is 4.99 Å². The second kappa shape index (κ2) is 4.39. The lowest BCUT2D eigenvalue weighted by atomic mass is 10.0. The van der Waals surface area contributed by atoms with Crippen molar-refractivity contribution in [2.24, 2.45) is 10.7 Å². The number of methoxy groups -OCH3 is 1. The molecule has 0 bridgehead atoms. The predicted octanol–water partition coefficient (Wildman–Crippen LogP) is 0.635. The molecule has 6 heteroatoms. The van der Waals surface area contributed by atoms with Gasteiger partial charge in [-0.25, -0.2) is 4.98 Å². The molecule has 0 aliphatic carbocycles. The maximum absolute atomic E-state index is 5.90. The molecule has 0 amide bonds. The smallest absolute Gasteiger partial charge is 0.192 e. The van der Waals surface area contributed by atoms with Crippen molar-refractivity contribution < 1.29 is 4.74 Å². The number of guanidine groups is 1. The molecular weight excluding hydrogens is 224 g/mol. The van der Waals surface area contributed by atoms with Crippen LogP contribution in [0.25, 0.3) is 0 Å². The Morgan fingerprint density at radius 1 is 1.69 bits per heavy atom. The summed E-state index contributed by atoms with van der Waals surface area (Å²) in [4.78, 5) is 10.7. The van der Waals surface area contributed by atoms with Crippen LogP contribution in [0.5, 0.6) is 0 Å². The molecule has 16 heavy (non-hydrogen) atoms. The highest BCUT2D eigenvalue weighted by molar-refractivity contribution is 7.09. The molecule has 5 nitrogen and oxygen atoms in total. The van der Waals surface area contributed by atoms with Crippen molar-refractivity contribution in [2.45, 2.75) is 12.5 Å². The van der Waals surface area contributed by atoms with E-state index in [9.17, 15) is 0 Å². The Bertz CT molecular complexity index is 378. The van der Waals surface area contributed by atoms with E-state index in [2.05, 4.69) is 21.8 Å². The molecule has 2 heterocycles. The standard InChI is InChI=1S/C10H16N4OS/c1-10(8-12-3-6-16-8)7-13-9(11)14(10)4-5-15-2/h3,6H,4-5,7H2,1-2H3,(H2,11,13). The van der Waals surface area contributed by atoms with Gasteiger partial charge in [0.25, 0.3) is 0 Å². The third-order valence-electron chi connectivity index (χ3n) is 2.83. The molecular formula is C10H16N4OS. The van der Waals surface area contributed by atoms with E-state index in [0.29, 0.717) is 19.1 Å².